The summed E-state index contributed by atoms with van der Waals surface area (Å²) >= 11 is 0. The minimum absolute atomic E-state index is 0.141. The molecule has 2 saturated heterocycles. The molecular formula is C10H15NO. The van der Waals surface area contributed by atoms with Crippen LogP contribution in [0.1, 0.15) is 32.1 Å². The number of rotatable bonds is 1. The fourth-order valence-corrected chi connectivity index (χ4v) is 2.58. The van der Waals surface area contributed by atoms with E-state index in [9.17, 15) is 4.79 Å². The first kappa shape index (κ1) is 7.84. The van der Waals surface area contributed by atoms with Gasteiger partial charge in [-0.15, -0.1) is 0 Å². The van der Waals surface area contributed by atoms with Gasteiger partial charge in [0.05, 0.1) is 0 Å². The summed E-state index contributed by atoms with van der Waals surface area (Å²) in [5.41, 5.74) is 0. The molecule has 2 heteroatoms. The van der Waals surface area contributed by atoms with Gasteiger partial charge in [-0.2, -0.15) is 0 Å². The van der Waals surface area contributed by atoms with Crippen LogP contribution in [-0.2, 0) is 4.79 Å². The van der Waals surface area contributed by atoms with E-state index in [1.54, 1.807) is 0 Å². The highest BCUT2D eigenvalue weighted by Crippen LogP contribution is 2.35. The summed E-state index contributed by atoms with van der Waals surface area (Å²) in [6.45, 7) is 3.54. The zero-order valence-corrected chi connectivity index (χ0v) is 7.33. The van der Waals surface area contributed by atoms with E-state index in [0.717, 1.165) is 0 Å². The van der Waals surface area contributed by atoms with Crippen LogP contribution in [-0.4, -0.2) is 22.9 Å². The SMILES string of the molecule is C=CC(=O)N1C2CCC[C@@H]1CC2. The lowest BCUT2D eigenvalue weighted by atomic mass is 10.0. The lowest BCUT2D eigenvalue weighted by Crippen LogP contribution is -2.43. The van der Waals surface area contributed by atoms with Gasteiger partial charge in [-0.3, -0.25) is 4.79 Å². The smallest absolute Gasteiger partial charge is 0.246 e. The van der Waals surface area contributed by atoms with Gasteiger partial charge in [-0.25, -0.2) is 0 Å². The molecule has 2 aliphatic heterocycles. The highest BCUT2D eigenvalue weighted by Gasteiger charge is 2.38. The summed E-state index contributed by atoms with van der Waals surface area (Å²) in [5.74, 6) is 0.141. The maximum Gasteiger partial charge on any atom is 0.246 e. The molecule has 12 heavy (non-hydrogen) atoms. The maximum atomic E-state index is 11.4. The third-order valence-corrected chi connectivity index (χ3v) is 3.12. The van der Waals surface area contributed by atoms with E-state index in [2.05, 4.69) is 11.5 Å². The zero-order valence-electron chi connectivity index (χ0n) is 7.33. The Bertz CT molecular complexity index is 196. The van der Waals surface area contributed by atoms with Crippen molar-refractivity contribution in [1.82, 2.24) is 4.90 Å². The van der Waals surface area contributed by atoms with Gasteiger partial charge in [0.2, 0.25) is 5.91 Å². The lowest BCUT2D eigenvalue weighted by molar-refractivity contribution is -0.130. The van der Waals surface area contributed by atoms with Crippen molar-refractivity contribution in [3.8, 4) is 0 Å². The quantitative estimate of drug-likeness (QED) is 0.542. The Kier molecular flexibility index (Phi) is 1.91. The molecule has 0 radical (unpaired) electrons. The molecule has 2 rings (SSSR count). The molecule has 1 amide bonds. The maximum absolute atomic E-state index is 11.4. The summed E-state index contributed by atoms with van der Waals surface area (Å²) < 4.78 is 0. The fraction of sp³-hybridized carbons (Fsp3) is 0.700. The van der Waals surface area contributed by atoms with Gasteiger partial charge < -0.3 is 4.90 Å². The number of amides is 1. The zero-order chi connectivity index (χ0) is 8.55. The van der Waals surface area contributed by atoms with Gasteiger partial charge in [0.25, 0.3) is 0 Å². The summed E-state index contributed by atoms with van der Waals surface area (Å²) in [5, 5.41) is 0. The summed E-state index contributed by atoms with van der Waals surface area (Å²) in [4.78, 5) is 13.5. The van der Waals surface area contributed by atoms with Crippen LogP contribution in [0, 0.1) is 0 Å². The van der Waals surface area contributed by atoms with Crippen molar-refractivity contribution in [2.75, 3.05) is 0 Å². The van der Waals surface area contributed by atoms with Crippen LogP contribution in [0.15, 0.2) is 12.7 Å². The van der Waals surface area contributed by atoms with Crippen LogP contribution < -0.4 is 0 Å². The standard InChI is InChI=1S/C10H15NO/c1-2-10(12)11-8-4-3-5-9(11)7-6-8/h2,8-9H,1,3-7H2/t8-,9?/m1/s1. The second-order valence-electron chi connectivity index (χ2n) is 3.77. The Balaban J connectivity index is 2.15. The van der Waals surface area contributed by atoms with E-state index in [1.165, 1.54) is 38.2 Å². The predicted molar refractivity (Wildman–Crippen MR) is 47.7 cm³/mol. The van der Waals surface area contributed by atoms with Gasteiger partial charge >= 0.3 is 0 Å². The van der Waals surface area contributed by atoms with Crippen molar-refractivity contribution >= 4 is 5.91 Å². The molecule has 0 spiro atoms. The third kappa shape index (κ3) is 1.06. The molecule has 1 unspecified atom stereocenters. The van der Waals surface area contributed by atoms with E-state index in [4.69, 9.17) is 0 Å². The molecule has 2 nitrogen and oxygen atoms in total. The number of piperidine rings is 1. The average molecular weight is 165 g/mol. The lowest BCUT2D eigenvalue weighted by Gasteiger charge is -2.33. The van der Waals surface area contributed by atoms with Gasteiger partial charge in [-0.1, -0.05) is 6.58 Å². The first-order valence-corrected chi connectivity index (χ1v) is 4.77. The molecule has 0 aliphatic carbocycles. The summed E-state index contributed by atoms with van der Waals surface area (Å²) in [6.07, 6.45) is 7.59. The molecule has 2 atom stereocenters. The Morgan fingerprint density at radius 3 is 2.33 bits per heavy atom. The van der Waals surface area contributed by atoms with Crippen LogP contribution in [0.3, 0.4) is 0 Å². The van der Waals surface area contributed by atoms with E-state index >= 15 is 0 Å². The highest BCUT2D eigenvalue weighted by atomic mass is 16.2. The van der Waals surface area contributed by atoms with Gasteiger partial charge in [0.15, 0.2) is 0 Å². The summed E-state index contributed by atoms with van der Waals surface area (Å²) in [7, 11) is 0. The van der Waals surface area contributed by atoms with Crippen molar-refractivity contribution in [3.63, 3.8) is 0 Å². The molecule has 0 aromatic rings. The number of fused-ring (bicyclic) bond motifs is 2. The minimum atomic E-state index is 0.141. The molecule has 0 saturated carbocycles. The number of carbonyl (C=O) groups excluding carboxylic acids is 1. The number of hydrogen-bond donors (Lipinski definition) is 0. The molecule has 2 fully saturated rings. The van der Waals surface area contributed by atoms with Crippen LogP contribution in [0.4, 0.5) is 0 Å². The number of carbonyl (C=O) groups is 1. The Hall–Kier alpha value is -0.790. The normalized spacial score (nSPS) is 33.5. The molecule has 2 bridgehead atoms. The van der Waals surface area contributed by atoms with Gasteiger partial charge in [0.1, 0.15) is 0 Å². The molecule has 0 N–H and O–H groups in total. The molecule has 0 aromatic carbocycles. The molecule has 66 valence electrons. The Morgan fingerprint density at radius 2 is 1.83 bits per heavy atom. The second-order valence-corrected chi connectivity index (χ2v) is 3.77. The van der Waals surface area contributed by atoms with E-state index < -0.39 is 0 Å². The monoisotopic (exact) mass is 165 g/mol. The third-order valence-electron chi connectivity index (χ3n) is 3.12. The van der Waals surface area contributed by atoms with Crippen LogP contribution >= 0.6 is 0 Å². The first-order valence-electron chi connectivity index (χ1n) is 4.77. The molecule has 0 aromatic heterocycles. The number of hydrogen-bond acceptors (Lipinski definition) is 1. The molecule has 2 aliphatic rings. The first-order chi connectivity index (χ1) is 5.83. The largest absolute Gasteiger partial charge is 0.333 e. The minimum Gasteiger partial charge on any atom is -0.333 e. The number of nitrogens with zero attached hydrogens (tertiary/aromatic N) is 1. The van der Waals surface area contributed by atoms with E-state index in [-0.39, 0.29) is 5.91 Å². The highest BCUT2D eigenvalue weighted by molar-refractivity contribution is 5.87. The van der Waals surface area contributed by atoms with Crippen molar-refractivity contribution in [1.29, 1.82) is 0 Å². The van der Waals surface area contributed by atoms with Gasteiger partial charge in [0, 0.05) is 12.1 Å². The van der Waals surface area contributed by atoms with Crippen molar-refractivity contribution < 1.29 is 4.79 Å². The molecule has 2 heterocycles. The van der Waals surface area contributed by atoms with Crippen LogP contribution in [0.5, 0.6) is 0 Å². The van der Waals surface area contributed by atoms with Crippen molar-refractivity contribution in [3.05, 3.63) is 12.7 Å². The van der Waals surface area contributed by atoms with Crippen LogP contribution in [0.25, 0.3) is 0 Å². The van der Waals surface area contributed by atoms with Crippen molar-refractivity contribution in [2.45, 2.75) is 44.2 Å². The topological polar surface area (TPSA) is 20.3 Å². The van der Waals surface area contributed by atoms with E-state index in [0.29, 0.717) is 12.1 Å². The van der Waals surface area contributed by atoms with E-state index in [1.807, 2.05) is 0 Å². The summed E-state index contributed by atoms with van der Waals surface area (Å²) in [6, 6.07) is 1.07. The Morgan fingerprint density at radius 1 is 1.25 bits per heavy atom. The predicted octanol–water partition coefficient (Wildman–Crippen LogP) is 1.72. The Labute approximate surface area is 73.2 Å². The second kappa shape index (κ2) is 2.92. The fourth-order valence-electron chi connectivity index (χ4n) is 2.58. The average Bonchev–Trinajstić information content (AvgIpc) is 2.35. The van der Waals surface area contributed by atoms with Crippen LogP contribution in [0.2, 0.25) is 0 Å². The van der Waals surface area contributed by atoms with Gasteiger partial charge in [-0.05, 0) is 38.2 Å². The van der Waals surface area contributed by atoms with Crippen molar-refractivity contribution in [2.24, 2.45) is 0 Å². The molecular weight excluding hydrogens is 150 g/mol.